The summed E-state index contributed by atoms with van der Waals surface area (Å²) in [6.07, 6.45) is 10.1. The summed E-state index contributed by atoms with van der Waals surface area (Å²) < 4.78 is 0. The Bertz CT molecular complexity index is 1310. The van der Waals surface area contributed by atoms with Crippen molar-refractivity contribution in [2.75, 3.05) is 0 Å². The Morgan fingerprint density at radius 1 is 0.783 bits per heavy atom. The molecule has 2 aromatic carbocycles. The first-order chi connectivity index (χ1) is 22.0. The molecule has 2 rings (SSSR count). The fraction of sp³-hybridized carbons (Fsp3) is 0.472. The summed E-state index contributed by atoms with van der Waals surface area (Å²) in [6.45, 7) is 2.12. The van der Waals surface area contributed by atoms with Crippen LogP contribution in [0.2, 0.25) is 0 Å². The third-order valence-corrected chi connectivity index (χ3v) is 7.92. The Kier molecular flexibility index (Phi) is 16.4. The minimum atomic E-state index is -3.01. The van der Waals surface area contributed by atoms with Crippen molar-refractivity contribution in [1.29, 1.82) is 0 Å². The summed E-state index contributed by atoms with van der Waals surface area (Å²) in [5, 5.41) is 42.1. The fourth-order valence-electron chi connectivity index (χ4n) is 5.22. The second-order valence-corrected chi connectivity index (χ2v) is 11.7. The van der Waals surface area contributed by atoms with E-state index in [1.807, 2.05) is 42.5 Å². The maximum absolute atomic E-state index is 13.3. The van der Waals surface area contributed by atoms with Gasteiger partial charge in [-0.3, -0.25) is 14.4 Å². The standard InChI is InChI=1S/C36H47NO9/c1-2-3-4-12-17-29(38)18-13-7-5-6-8-14-19-30(36(46,35(44)45)25-32(39)40)33(41)37-31(34(42)43)24-26-20-22-28(23-21-26)27-15-10-9-11-16-27/h9-11,14-16,19-23,30-31,46H,2-8,12-13,17-18,24-25H2,1H3,(H,37,41)(H,39,40)(H,42,43)(H,44,45)/b19-14+. The predicted molar refractivity (Wildman–Crippen MR) is 174 cm³/mol. The van der Waals surface area contributed by atoms with Crippen LogP contribution in [-0.4, -0.2) is 61.7 Å². The van der Waals surface area contributed by atoms with E-state index in [0.29, 0.717) is 31.2 Å². The summed E-state index contributed by atoms with van der Waals surface area (Å²) in [5.74, 6) is -7.64. The topological polar surface area (TPSA) is 178 Å². The van der Waals surface area contributed by atoms with E-state index in [-0.39, 0.29) is 12.2 Å². The van der Waals surface area contributed by atoms with Gasteiger partial charge in [0.2, 0.25) is 5.91 Å². The lowest BCUT2D eigenvalue weighted by Gasteiger charge is -2.29. The van der Waals surface area contributed by atoms with Crippen molar-refractivity contribution < 1.29 is 44.4 Å². The van der Waals surface area contributed by atoms with Crippen LogP contribution in [0.25, 0.3) is 11.1 Å². The van der Waals surface area contributed by atoms with Crippen LogP contribution in [0, 0.1) is 5.92 Å². The van der Waals surface area contributed by atoms with Gasteiger partial charge < -0.3 is 25.7 Å². The molecular formula is C36H47NO9. The molecule has 0 heterocycles. The number of hydrogen-bond acceptors (Lipinski definition) is 6. The Balaban J connectivity index is 2.04. The molecule has 10 heteroatoms. The quantitative estimate of drug-likeness (QED) is 0.0743. The molecule has 5 N–H and O–H groups in total. The zero-order chi connectivity index (χ0) is 34.0. The summed E-state index contributed by atoms with van der Waals surface area (Å²) in [7, 11) is 0. The van der Waals surface area contributed by atoms with Gasteiger partial charge in [0.1, 0.15) is 11.8 Å². The Hall–Kier alpha value is -4.31. The first kappa shape index (κ1) is 37.9. The molecule has 0 saturated heterocycles. The minimum Gasteiger partial charge on any atom is -0.481 e. The van der Waals surface area contributed by atoms with Gasteiger partial charge in [-0.15, -0.1) is 0 Å². The Labute approximate surface area is 270 Å². The number of carbonyl (C=O) groups is 5. The zero-order valence-electron chi connectivity index (χ0n) is 26.5. The van der Waals surface area contributed by atoms with E-state index in [1.54, 1.807) is 12.1 Å². The summed E-state index contributed by atoms with van der Waals surface area (Å²) in [4.78, 5) is 60.9. The number of allylic oxidation sites excluding steroid dienone is 1. The van der Waals surface area contributed by atoms with E-state index in [0.717, 1.165) is 62.1 Å². The van der Waals surface area contributed by atoms with Crippen LogP contribution >= 0.6 is 0 Å². The van der Waals surface area contributed by atoms with Gasteiger partial charge in [-0.25, -0.2) is 9.59 Å². The van der Waals surface area contributed by atoms with Gasteiger partial charge in [0.25, 0.3) is 0 Å². The molecule has 1 amide bonds. The number of nitrogens with one attached hydrogen (secondary N) is 1. The molecular weight excluding hydrogens is 590 g/mol. The molecule has 46 heavy (non-hydrogen) atoms. The molecule has 0 bridgehead atoms. The van der Waals surface area contributed by atoms with Gasteiger partial charge in [-0.1, -0.05) is 106 Å². The number of carbonyl (C=O) groups excluding carboxylic acids is 2. The van der Waals surface area contributed by atoms with Gasteiger partial charge >= 0.3 is 17.9 Å². The molecule has 2 aromatic rings. The predicted octanol–water partition coefficient (Wildman–Crippen LogP) is 5.81. The number of ketones is 1. The molecule has 0 aliphatic carbocycles. The van der Waals surface area contributed by atoms with Crippen LogP contribution < -0.4 is 5.32 Å². The van der Waals surface area contributed by atoms with Crippen LogP contribution in [0.5, 0.6) is 0 Å². The third kappa shape index (κ3) is 13.0. The molecule has 0 aliphatic rings. The minimum absolute atomic E-state index is 0.127. The monoisotopic (exact) mass is 637 g/mol. The number of carboxylic acid groups (broad SMARTS) is 3. The highest BCUT2D eigenvalue weighted by Gasteiger charge is 2.49. The van der Waals surface area contributed by atoms with Crippen molar-refractivity contribution in [2.45, 2.75) is 102 Å². The van der Waals surface area contributed by atoms with Crippen molar-refractivity contribution in [1.82, 2.24) is 5.32 Å². The smallest absolute Gasteiger partial charge is 0.337 e. The highest BCUT2D eigenvalue weighted by molar-refractivity contribution is 5.94. The van der Waals surface area contributed by atoms with Crippen molar-refractivity contribution in [3.8, 4) is 11.1 Å². The number of rotatable bonds is 23. The first-order valence-electron chi connectivity index (χ1n) is 16.0. The summed E-state index contributed by atoms with van der Waals surface area (Å²) >= 11 is 0. The highest BCUT2D eigenvalue weighted by Crippen LogP contribution is 2.26. The SMILES string of the molecule is CCCCCCC(=O)CCCCCC/C=C/C(C(=O)NC(Cc1ccc(-c2ccccc2)cc1)C(=O)O)C(O)(CC(=O)O)C(=O)O. The van der Waals surface area contributed by atoms with E-state index in [9.17, 15) is 44.4 Å². The molecule has 0 saturated carbocycles. The van der Waals surface area contributed by atoms with Gasteiger partial charge in [-0.05, 0) is 42.4 Å². The number of Topliss-reactive ketones (excluding diaryl/α,β-unsaturated/α-hetero) is 1. The number of carboxylic acids is 3. The lowest BCUT2D eigenvalue weighted by Crippen LogP contribution is -2.55. The van der Waals surface area contributed by atoms with Crippen molar-refractivity contribution in [3.05, 3.63) is 72.3 Å². The van der Waals surface area contributed by atoms with Crippen LogP contribution in [0.3, 0.4) is 0 Å². The molecule has 10 nitrogen and oxygen atoms in total. The van der Waals surface area contributed by atoms with E-state index in [2.05, 4.69) is 12.2 Å². The van der Waals surface area contributed by atoms with Gasteiger partial charge in [-0.2, -0.15) is 0 Å². The van der Waals surface area contributed by atoms with Crippen LogP contribution in [0.4, 0.5) is 0 Å². The number of benzene rings is 2. The molecule has 250 valence electrons. The van der Waals surface area contributed by atoms with Crippen LogP contribution in [0.15, 0.2) is 66.7 Å². The highest BCUT2D eigenvalue weighted by atomic mass is 16.4. The normalized spacial score (nSPS) is 13.9. The Morgan fingerprint density at radius 2 is 1.37 bits per heavy atom. The molecule has 3 unspecified atom stereocenters. The first-order valence-corrected chi connectivity index (χ1v) is 16.0. The number of hydrogen-bond donors (Lipinski definition) is 5. The second kappa shape index (κ2) is 19.9. The molecule has 0 aliphatic heterocycles. The maximum atomic E-state index is 13.3. The average Bonchev–Trinajstić information content (AvgIpc) is 3.02. The lowest BCUT2D eigenvalue weighted by molar-refractivity contribution is -0.172. The summed E-state index contributed by atoms with van der Waals surface area (Å²) in [5.41, 5.74) is -0.528. The van der Waals surface area contributed by atoms with Crippen molar-refractivity contribution in [2.24, 2.45) is 5.92 Å². The number of aliphatic hydroxyl groups is 1. The third-order valence-electron chi connectivity index (χ3n) is 7.92. The molecule has 0 fully saturated rings. The molecule has 0 aromatic heterocycles. The second-order valence-electron chi connectivity index (χ2n) is 11.7. The number of aliphatic carboxylic acids is 3. The van der Waals surface area contributed by atoms with Gasteiger partial charge in [0.15, 0.2) is 5.60 Å². The van der Waals surface area contributed by atoms with Crippen LogP contribution in [0.1, 0.15) is 89.5 Å². The van der Waals surface area contributed by atoms with E-state index >= 15 is 0 Å². The molecule has 0 radical (unpaired) electrons. The van der Waals surface area contributed by atoms with E-state index in [1.165, 1.54) is 6.08 Å². The number of amides is 1. The largest absolute Gasteiger partial charge is 0.481 e. The van der Waals surface area contributed by atoms with E-state index < -0.39 is 47.8 Å². The van der Waals surface area contributed by atoms with Gasteiger partial charge in [0, 0.05) is 19.3 Å². The maximum Gasteiger partial charge on any atom is 0.337 e. The Morgan fingerprint density at radius 3 is 1.93 bits per heavy atom. The van der Waals surface area contributed by atoms with E-state index in [4.69, 9.17) is 0 Å². The summed E-state index contributed by atoms with van der Waals surface area (Å²) in [6, 6.07) is 15.2. The zero-order valence-corrected chi connectivity index (χ0v) is 26.5. The average molecular weight is 638 g/mol. The number of unbranched alkanes of at least 4 members (excludes halogenated alkanes) is 7. The molecule has 0 spiro atoms. The van der Waals surface area contributed by atoms with Crippen LogP contribution in [-0.2, 0) is 30.4 Å². The fourth-order valence-corrected chi connectivity index (χ4v) is 5.22. The van der Waals surface area contributed by atoms with Crippen molar-refractivity contribution >= 4 is 29.6 Å². The molecule has 3 atom stereocenters. The van der Waals surface area contributed by atoms with Crippen molar-refractivity contribution in [3.63, 3.8) is 0 Å². The lowest BCUT2D eigenvalue weighted by atomic mass is 9.82. The van der Waals surface area contributed by atoms with Gasteiger partial charge in [0.05, 0.1) is 12.3 Å².